The van der Waals surface area contributed by atoms with Crippen molar-refractivity contribution in [2.75, 3.05) is 14.2 Å². The Balaban J connectivity index is 2.10. The van der Waals surface area contributed by atoms with Crippen LogP contribution < -0.4 is 14.8 Å². The summed E-state index contributed by atoms with van der Waals surface area (Å²) < 4.78 is 10.5. The zero-order chi connectivity index (χ0) is 20.7. The summed E-state index contributed by atoms with van der Waals surface area (Å²) in [6, 6.07) is 14.6. The first-order valence-corrected chi connectivity index (χ1v) is 9.24. The Labute approximate surface area is 166 Å². The summed E-state index contributed by atoms with van der Waals surface area (Å²) in [7, 11) is 3.12. The summed E-state index contributed by atoms with van der Waals surface area (Å²) in [6.07, 6.45) is 0. The Hall–Kier alpha value is -3.02. The summed E-state index contributed by atoms with van der Waals surface area (Å²) >= 11 is 0. The van der Waals surface area contributed by atoms with Crippen molar-refractivity contribution < 1.29 is 19.1 Å². The standard InChI is InChI=1S/C22H28N2O4/c1-15(2)24(14-17-9-7-6-8-10-17)22(26)21(25)23-16(3)18-11-12-19(27-4)20(13-18)28-5/h6-13,15-16H,14H2,1-5H3,(H,23,25). The Morgan fingerprint density at radius 1 is 0.964 bits per heavy atom. The maximum atomic E-state index is 12.7. The molecule has 150 valence electrons. The first kappa shape index (κ1) is 21.3. The van der Waals surface area contributed by atoms with Crippen LogP contribution in [0.1, 0.15) is 37.9 Å². The maximum absolute atomic E-state index is 12.7. The monoisotopic (exact) mass is 384 g/mol. The molecule has 2 rings (SSSR count). The van der Waals surface area contributed by atoms with E-state index in [1.54, 1.807) is 31.3 Å². The second-order valence-electron chi connectivity index (χ2n) is 6.82. The van der Waals surface area contributed by atoms with Gasteiger partial charge in [0.1, 0.15) is 0 Å². The SMILES string of the molecule is COc1ccc(C(C)NC(=O)C(=O)N(Cc2ccccc2)C(C)C)cc1OC. The molecule has 0 aromatic heterocycles. The third-order valence-electron chi connectivity index (χ3n) is 4.53. The van der Waals surface area contributed by atoms with Crippen molar-refractivity contribution in [3.8, 4) is 11.5 Å². The van der Waals surface area contributed by atoms with Crippen LogP contribution in [0.25, 0.3) is 0 Å². The third-order valence-corrected chi connectivity index (χ3v) is 4.53. The van der Waals surface area contributed by atoms with Gasteiger partial charge in [-0.15, -0.1) is 0 Å². The molecule has 1 unspecified atom stereocenters. The lowest BCUT2D eigenvalue weighted by Crippen LogP contribution is -2.46. The molecule has 1 N–H and O–H groups in total. The van der Waals surface area contributed by atoms with E-state index in [-0.39, 0.29) is 12.1 Å². The molecule has 28 heavy (non-hydrogen) atoms. The average Bonchev–Trinajstić information content (AvgIpc) is 2.71. The molecule has 6 heteroatoms. The van der Waals surface area contributed by atoms with Crippen LogP contribution in [0.3, 0.4) is 0 Å². The number of nitrogens with zero attached hydrogens (tertiary/aromatic N) is 1. The number of carbonyl (C=O) groups excluding carboxylic acids is 2. The fraction of sp³-hybridized carbons (Fsp3) is 0.364. The summed E-state index contributed by atoms with van der Waals surface area (Å²) in [5.41, 5.74) is 1.79. The molecule has 2 amide bonds. The van der Waals surface area contributed by atoms with Gasteiger partial charge in [0, 0.05) is 12.6 Å². The molecule has 6 nitrogen and oxygen atoms in total. The van der Waals surface area contributed by atoms with E-state index >= 15 is 0 Å². The lowest BCUT2D eigenvalue weighted by molar-refractivity contribution is -0.147. The molecule has 0 heterocycles. The fourth-order valence-corrected chi connectivity index (χ4v) is 2.86. The molecule has 0 saturated heterocycles. The number of hydrogen-bond donors (Lipinski definition) is 1. The third kappa shape index (κ3) is 5.25. The highest BCUT2D eigenvalue weighted by atomic mass is 16.5. The Kier molecular flexibility index (Phi) is 7.44. The van der Waals surface area contributed by atoms with Gasteiger partial charge in [0.2, 0.25) is 0 Å². The molecule has 0 aliphatic heterocycles. The van der Waals surface area contributed by atoms with Crippen molar-refractivity contribution in [3.63, 3.8) is 0 Å². The van der Waals surface area contributed by atoms with Gasteiger partial charge in [0.15, 0.2) is 11.5 Å². The van der Waals surface area contributed by atoms with Gasteiger partial charge in [-0.1, -0.05) is 36.4 Å². The molecule has 0 aliphatic carbocycles. The first-order valence-electron chi connectivity index (χ1n) is 9.24. The zero-order valence-corrected chi connectivity index (χ0v) is 17.1. The molecule has 0 aliphatic rings. The van der Waals surface area contributed by atoms with Crippen LogP contribution in [0.2, 0.25) is 0 Å². The number of methoxy groups -OCH3 is 2. The largest absolute Gasteiger partial charge is 0.493 e. The number of rotatable bonds is 7. The average molecular weight is 384 g/mol. The highest BCUT2D eigenvalue weighted by Crippen LogP contribution is 2.29. The van der Waals surface area contributed by atoms with Gasteiger partial charge in [-0.05, 0) is 44.0 Å². The Bertz CT molecular complexity index is 805. The van der Waals surface area contributed by atoms with Gasteiger partial charge in [-0.3, -0.25) is 9.59 Å². The summed E-state index contributed by atoms with van der Waals surface area (Å²) in [6.45, 7) is 6.00. The van der Waals surface area contributed by atoms with Gasteiger partial charge in [-0.2, -0.15) is 0 Å². The van der Waals surface area contributed by atoms with Crippen LogP contribution in [0.15, 0.2) is 48.5 Å². The van der Waals surface area contributed by atoms with Crippen molar-refractivity contribution in [1.29, 1.82) is 0 Å². The van der Waals surface area contributed by atoms with Gasteiger partial charge < -0.3 is 19.7 Å². The van der Waals surface area contributed by atoms with Crippen LogP contribution in [0.4, 0.5) is 0 Å². The van der Waals surface area contributed by atoms with Gasteiger partial charge in [0.25, 0.3) is 0 Å². The van der Waals surface area contributed by atoms with Crippen LogP contribution in [-0.4, -0.2) is 37.0 Å². The highest BCUT2D eigenvalue weighted by Gasteiger charge is 2.26. The molecule has 0 spiro atoms. The van der Waals surface area contributed by atoms with E-state index < -0.39 is 11.8 Å². The van der Waals surface area contributed by atoms with Gasteiger partial charge in [-0.25, -0.2) is 0 Å². The number of ether oxygens (including phenoxy) is 2. The van der Waals surface area contributed by atoms with Crippen LogP contribution in [-0.2, 0) is 16.1 Å². The lowest BCUT2D eigenvalue weighted by Gasteiger charge is -2.27. The minimum absolute atomic E-state index is 0.102. The van der Waals surface area contributed by atoms with E-state index in [0.29, 0.717) is 18.0 Å². The van der Waals surface area contributed by atoms with Crippen LogP contribution in [0.5, 0.6) is 11.5 Å². The molecule has 0 radical (unpaired) electrons. The smallest absolute Gasteiger partial charge is 0.312 e. The van der Waals surface area contributed by atoms with Crippen molar-refractivity contribution in [3.05, 3.63) is 59.7 Å². The van der Waals surface area contributed by atoms with E-state index in [1.165, 1.54) is 0 Å². The topological polar surface area (TPSA) is 67.9 Å². The number of benzene rings is 2. The van der Waals surface area contributed by atoms with E-state index in [2.05, 4.69) is 5.32 Å². The Morgan fingerprint density at radius 3 is 2.18 bits per heavy atom. The minimum atomic E-state index is -0.632. The molecule has 2 aromatic carbocycles. The van der Waals surface area contributed by atoms with Crippen molar-refractivity contribution in [2.24, 2.45) is 0 Å². The summed E-state index contributed by atoms with van der Waals surface area (Å²) in [5, 5.41) is 2.78. The Morgan fingerprint density at radius 2 is 1.61 bits per heavy atom. The molecular weight excluding hydrogens is 356 g/mol. The predicted molar refractivity (Wildman–Crippen MR) is 108 cm³/mol. The van der Waals surface area contributed by atoms with E-state index in [9.17, 15) is 9.59 Å². The van der Waals surface area contributed by atoms with Crippen molar-refractivity contribution >= 4 is 11.8 Å². The molecular formula is C22H28N2O4. The van der Waals surface area contributed by atoms with Gasteiger partial charge in [0.05, 0.1) is 20.3 Å². The quantitative estimate of drug-likeness (QED) is 0.744. The molecule has 0 fully saturated rings. The van der Waals surface area contributed by atoms with E-state index in [1.807, 2.05) is 57.2 Å². The van der Waals surface area contributed by atoms with Crippen LogP contribution >= 0.6 is 0 Å². The van der Waals surface area contributed by atoms with Crippen molar-refractivity contribution in [1.82, 2.24) is 10.2 Å². The fourth-order valence-electron chi connectivity index (χ4n) is 2.86. The van der Waals surface area contributed by atoms with E-state index in [0.717, 1.165) is 11.1 Å². The van der Waals surface area contributed by atoms with Crippen molar-refractivity contribution in [2.45, 2.75) is 39.4 Å². The molecule has 1 atom stereocenters. The van der Waals surface area contributed by atoms with Gasteiger partial charge >= 0.3 is 11.8 Å². The normalized spacial score (nSPS) is 11.6. The lowest BCUT2D eigenvalue weighted by atomic mass is 10.1. The van der Waals surface area contributed by atoms with Crippen LogP contribution in [0, 0.1) is 0 Å². The number of amides is 2. The number of nitrogens with one attached hydrogen (secondary N) is 1. The summed E-state index contributed by atoms with van der Waals surface area (Å²) in [4.78, 5) is 26.9. The number of carbonyl (C=O) groups is 2. The number of hydrogen-bond acceptors (Lipinski definition) is 4. The second-order valence-corrected chi connectivity index (χ2v) is 6.82. The maximum Gasteiger partial charge on any atom is 0.312 e. The highest BCUT2D eigenvalue weighted by molar-refractivity contribution is 6.35. The molecule has 2 aromatic rings. The predicted octanol–water partition coefficient (Wildman–Crippen LogP) is 3.32. The summed E-state index contributed by atoms with van der Waals surface area (Å²) in [5.74, 6) is -0.00639. The second kappa shape index (κ2) is 9.78. The zero-order valence-electron chi connectivity index (χ0n) is 17.1. The molecule has 0 saturated carbocycles. The van der Waals surface area contributed by atoms with E-state index in [4.69, 9.17) is 9.47 Å². The first-order chi connectivity index (χ1) is 13.4. The minimum Gasteiger partial charge on any atom is -0.493 e. The molecule has 0 bridgehead atoms.